The van der Waals surface area contributed by atoms with Crippen LogP contribution < -0.4 is 5.32 Å². The maximum absolute atomic E-state index is 11.6. The Balaban J connectivity index is 4.23. The fraction of sp³-hybridized carbons (Fsp3) is 0.917. The average Bonchev–Trinajstić information content (AvgIpc) is 2.00. The van der Waals surface area contributed by atoms with E-state index < -0.39 is 0 Å². The number of aliphatic hydroxyl groups is 1. The molecule has 0 radical (unpaired) electrons. The molecule has 0 heterocycles. The summed E-state index contributed by atoms with van der Waals surface area (Å²) in [6.45, 7) is 10.4. The first kappa shape index (κ1) is 14.4. The summed E-state index contributed by atoms with van der Waals surface area (Å²) in [5.74, 6) is 0.457. The zero-order valence-electron chi connectivity index (χ0n) is 10.6. The molecule has 1 unspecified atom stereocenters. The van der Waals surface area contributed by atoms with Gasteiger partial charge >= 0.3 is 0 Å². The van der Waals surface area contributed by atoms with E-state index in [1.165, 1.54) is 0 Å². The number of hydrogen-bond donors (Lipinski definition) is 2. The normalized spacial score (nSPS) is 14.1. The van der Waals surface area contributed by atoms with Crippen LogP contribution in [0.2, 0.25) is 0 Å². The summed E-state index contributed by atoms with van der Waals surface area (Å²) in [4.78, 5) is 11.6. The molecule has 0 aromatic rings. The predicted octanol–water partition coefficient (Wildman–Crippen LogP) is 1.95. The van der Waals surface area contributed by atoms with Crippen LogP contribution in [0.4, 0.5) is 0 Å². The van der Waals surface area contributed by atoms with Gasteiger partial charge in [0.25, 0.3) is 0 Å². The van der Waals surface area contributed by atoms with Crippen LogP contribution in [0.25, 0.3) is 0 Å². The molecule has 0 aromatic carbocycles. The van der Waals surface area contributed by atoms with E-state index in [-0.39, 0.29) is 24.0 Å². The Morgan fingerprint density at radius 2 is 1.87 bits per heavy atom. The molecule has 1 atom stereocenters. The van der Waals surface area contributed by atoms with E-state index in [0.717, 1.165) is 0 Å². The summed E-state index contributed by atoms with van der Waals surface area (Å²) in [5.41, 5.74) is -0.00459. The fourth-order valence-electron chi connectivity index (χ4n) is 1.47. The molecular weight excluding hydrogens is 190 g/mol. The first-order valence-electron chi connectivity index (χ1n) is 5.67. The van der Waals surface area contributed by atoms with Gasteiger partial charge in [0, 0.05) is 19.1 Å². The van der Waals surface area contributed by atoms with Gasteiger partial charge in [0.15, 0.2) is 0 Å². The summed E-state index contributed by atoms with van der Waals surface area (Å²) in [5, 5.41) is 11.9. The molecule has 0 aromatic heterocycles. The Morgan fingerprint density at radius 1 is 1.33 bits per heavy atom. The van der Waals surface area contributed by atoms with Crippen LogP contribution in [0.1, 0.15) is 47.5 Å². The molecule has 0 aliphatic rings. The molecule has 3 heteroatoms. The highest BCUT2D eigenvalue weighted by molar-refractivity contribution is 5.76. The van der Waals surface area contributed by atoms with E-state index in [0.29, 0.717) is 18.8 Å². The van der Waals surface area contributed by atoms with Crippen molar-refractivity contribution in [3.63, 3.8) is 0 Å². The topological polar surface area (TPSA) is 49.3 Å². The zero-order chi connectivity index (χ0) is 12.1. The minimum absolute atomic E-state index is 0.00459. The number of hydrogen-bond acceptors (Lipinski definition) is 2. The number of amides is 1. The van der Waals surface area contributed by atoms with Crippen LogP contribution in [-0.4, -0.2) is 23.7 Å². The first-order valence-corrected chi connectivity index (χ1v) is 5.67. The fourth-order valence-corrected chi connectivity index (χ4v) is 1.47. The van der Waals surface area contributed by atoms with Gasteiger partial charge in [0.05, 0.1) is 0 Å². The van der Waals surface area contributed by atoms with Crippen molar-refractivity contribution >= 4 is 5.91 Å². The lowest BCUT2D eigenvalue weighted by Gasteiger charge is -2.31. The molecule has 0 bridgehead atoms. The number of rotatable bonds is 5. The molecule has 90 valence electrons. The van der Waals surface area contributed by atoms with Gasteiger partial charge in [0.2, 0.25) is 5.91 Å². The number of carbonyl (C=O) groups is 1. The molecular formula is C12H25NO2. The molecule has 0 aliphatic heterocycles. The predicted molar refractivity (Wildman–Crippen MR) is 62.5 cm³/mol. The number of carbonyl (C=O) groups excluding carboxylic acids is 1. The van der Waals surface area contributed by atoms with Gasteiger partial charge < -0.3 is 10.4 Å². The Hall–Kier alpha value is -0.570. The second-order valence-electron chi connectivity index (χ2n) is 5.60. The van der Waals surface area contributed by atoms with Gasteiger partial charge in [-0.05, 0) is 17.8 Å². The van der Waals surface area contributed by atoms with Gasteiger partial charge in [-0.25, -0.2) is 0 Å². The van der Waals surface area contributed by atoms with Crippen LogP contribution in [0.15, 0.2) is 0 Å². The average molecular weight is 215 g/mol. The van der Waals surface area contributed by atoms with Gasteiger partial charge in [0.1, 0.15) is 0 Å². The van der Waals surface area contributed by atoms with Gasteiger partial charge in [-0.1, -0.05) is 34.6 Å². The standard InChI is InChI=1S/C12H25NO2/c1-9(2)8-11(15)13-10(6-7-14)12(3,4)5/h9-10,14H,6-8H2,1-5H3,(H,13,15). The Bertz CT molecular complexity index is 194. The highest BCUT2D eigenvalue weighted by atomic mass is 16.3. The van der Waals surface area contributed by atoms with E-state index in [1.807, 2.05) is 13.8 Å². The molecule has 15 heavy (non-hydrogen) atoms. The van der Waals surface area contributed by atoms with Gasteiger partial charge in [-0.3, -0.25) is 4.79 Å². The molecule has 0 saturated heterocycles. The largest absolute Gasteiger partial charge is 0.396 e. The van der Waals surface area contributed by atoms with Gasteiger partial charge in [-0.2, -0.15) is 0 Å². The third kappa shape index (κ3) is 6.50. The maximum Gasteiger partial charge on any atom is 0.220 e. The minimum Gasteiger partial charge on any atom is -0.396 e. The second kappa shape index (κ2) is 6.11. The summed E-state index contributed by atoms with van der Waals surface area (Å²) in [7, 11) is 0. The molecule has 3 nitrogen and oxygen atoms in total. The van der Waals surface area contributed by atoms with Crippen LogP contribution >= 0.6 is 0 Å². The zero-order valence-corrected chi connectivity index (χ0v) is 10.6. The Labute approximate surface area is 93.3 Å². The third-order valence-electron chi connectivity index (χ3n) is 2.39. The first-order chi connectivity index (χ1) is 6.77. The van der Waals surface area contributed by atoms with Crippen molar-refractivity contribution in [1.29, 1.82) is 0 Å². The van der Waals surface area contributed by atoms with Crippen molar-refractivity contribution in [3.05, 3.63) is 0 Å². The Morgan fingerprint density at radius 3 is 2.20 bits per heavy atom. The lowest BCUT2D eigenvalue weighted by Crippen LogP contribution is -2.44. The van der Waals surface area contributed by atoms with Crippen molar-refractivity contribution in [2.24, 2.45) is 11.3 Å². The molecule has 0 fully saturated rings. The molecule has 2 N–H and O–H groups in total. The summed E-state index contributed by atoms with van der Waals surface area (Å²) < 4.78 is 0. The molecule has 0 rings (SSSR count). The summed E-state index contributed by atoms with van der Waals surface area (Å²) in [6.07, 6.45) is 1.17. The van der Waals surface area contributed by atoms with Crippen LogP contribution in [0, 0.1) is 11.3 Å². The van der Waals surface area contributed by atoms with Crippen molar-refractivity contribution in [3.8, 4) is 0 Å². The van der Waals surface area contributed by atoms with Crippen molar-refractivity contribution in [2.75, 3.05) is 6.61 Å². The number of aliphatic hydroxyl groups excluding tert-OH is 1. The van der Waals surface area contributed by atoms with Crippen molar-refractivity contribution < 1.29 is 9.90 Å². The number of nitrogens with one attached hydrogen (secondary N) is 1. The van der Waals surface area contributed by atoms with E-state index >= 15 is 0 Å². The molecule has 0 spiro atoms. The van der Waals surface area contributed by atoms with Crippen molar-refractivity contribution in [1.82, 2.24) is 5.32 Å². The lowest BCUT2D eigenvalue weighted by atomic mass is 9.84. The van der Waals surface area contributed by atoms with E-state index in [2.05, 4.69) is 26.1 Å². The Kier molecular flexibility index (Phi) is 5.88. The van der Waals surface area contributed by atoms with E-state index in [4.69, 9.17) is 5.11 Å². The van der Waals surface area contributed by atoms with Crippen molar-refractivity contribution in [2.45, 2.75) is 53.5 Å². The SMILES string of the molecule is CC(C)CC(=O)NC(CCO)C(C)(C)C. The lowest BCUT2D eigenvalue weighted by molar-refractivity contribution is -0.123. The second-order valence-corrected chi connectivity index (χ2v) is 5.60. The molecule has 0 saturated carbocycles. The molecule has 1 amide bonds. The summed E-state index contributed by atoms with van der Waals surface area (Å²) >= 11 is 0. The van der Waals surface area contributed by atoms with Crippen LogP contribution in [0.5, 0.6) is 0 Å². The highest BCUT2D eigenvalue weighted by Crippen LogP contribution is 2.21. The van der Waals surface area contributed by atoms with E-state index in [9.17, 15) is 4.79 Å². The maximum atomic E-state index is 11.6. The monoisotopic (exact) mass is 215 g/mol. The third-order valence-corrected chi connectivity index (χ3v) is 2.39. The highest BCUT2D eigenvalue weighted by Gasteiger charge is 2.25. The minimum atomic E-state index is -0.00459. The summed E-state index contributed by atoms with van der Waals surface area (Å²) in [6, 6.07) is 0.0498. The smallest absolute Gasteiger partial charge is 0.220 e. The van der Waals surface area contributed by atoms with Crippen LogP contribution in [0.3, 0.4) is 0 Å². The quantitative estimate of drug-likeness (QED) is 0.736. The van der Waals surface area contributed by atoms with E-state index in [1.54, 1.807) is 0 Å². The molecule has 0 aliphatic carbocycles. The van der Waals surface area contributed by atoms with Crippen LogP contribution in [-0.2, 0) is 4.79 Å². The van der Waals surface area contributed by atoms with Gasteiger partial charge in [-0.15, -0.1) is 0 Å².